The molecule has 1 unspecified atom stereocenters. The number of aliphatic hydroxyl groups excluding tert-OH is 1. The highest BCUT2D eigenvalue weighted by Gasteiger charge is 2.22. The van der Waals surface area contributed by atoms with Gasteiger partial charge in [0.2, 0.25) is 0 Å². The van der Waals surface area contributed by atoms with Crippen LogP contribution in [-0.4, -0.2) is 40.9 Å². The van der Waals surface area contributed by atoms with Crippen molar-refractivity contribution in [2.75, 3.05) is 19.7 Å². The molecule has 0 aromatic rings. The van der Waals surface area contributed by atoms with E-state index >= 15 is 0 Å². The van der Waals surface area contributed by atoms with Crippen molar-refractivity contribution in [3.63, 3.8) is 0 Å². The van der Waals surface area contributed by atoms with Gasteiger partial charge in [0.05, 0.1) is 0 Å². The third-order valence-corrected chi connectivity index (χ3v) is 3.06. The van der Waals surface area contributed by atoms with Crippen LogP contribution >= 0.6 is 0 Å². The smallest absolute Gasteiger partial charge is 0.407 e. The van der Waals surface area contributed by atoms with E-state index in [1.807, 2.05) is 0 Å². The van der Waals surface area contributed by atoms with Gasteiger partial charge < -0.3 is 15.1 Å². The lowest BCUT2D eigenvalue weighted by molar-refractivity contribution is 0.117. The van der Waals surface area contributed by atoms with E-state index in [1.165, 1.54) is 4.90 Å². The molecule has 0 radical (unpaired) electrons. The summed E-state index contributed by atoms with van der Waals surface area (Å²) in [4.78, 5) is 12.3. The molecule has 1 atom stereocenters. The molecule has 15 heavy (non-hydrogen) atoms. The summed E-state index contributed by atoms with van der Waals surface area (Å²) in [6.07, 6.45) is 5.51. The van der Waals surface area contributed by atoms with Gasteiger partial charge in [0.25, 0.3) is 0 Å². The summed E-state index contributed by atoms with van der Waals surface area (Å²) in [7, 11) is 0. The predicted molar refractivity (Wildman–Crippen MR) is 57.9 cm³/mol. The minimum atomic E-state index is -0.782. The van der Waals surface area contributed by atoms with Crippen LogP contribution in [0.3, 0.4) is 0 Å². The normalized spacial score (nSPS) is 21.7. The number of piperidine rings is 1. The van der Waals surface area contributed by atoms with Gasteiger partial charge in [0.1, 0.15) is 0 Å². The fourth-order valence-electron chi connectivity index (χ4n) is 2.20. The zero-order chi connectivity index (χ0) is 11.1. The first-order valence-electron chi connectivity index (χ1n) is 5.82. The van der Waals surface area contributed by atoms with E-state index in [0.717, 1.165) is 38.5 Å². The monoisotopic (exact) mass is 215 g/mol. The first-order valence-corrected chi connectivity index (χ1v) is 5.82. The molecular formula is C11H21NO3. The van der Waals surface area contributed by atoms with Crippen LogP contribution in [0.15, 0.2) is 0 Å². The molecule has 2 N–H and O–H groups in total. The fourth-order valence-corrected chi connectivity index (χ4v) is 2.20. The van der Waals surface area contributed by atoms with Gasteiger partial charge in [-0.2, -0.15) is 0 Å². The van der Waals surface area contributed by atoms with Crippen LogP contribution < -0.4 is 0 Å². The molecule has 0 saturated carbocycles. The number of nitrogens with zero attached hydrogens (tertiary/aromatic N) is 1. The standard InChI is InChI=1S/C11H21NO3/c13-8-3-1-2-5-10-6-4-7-12(9-10)11(14)15/h10,13H,1-9H2,(H,14,15). The van der Waals surface area contributed by atoms with Crippen molar-refractivity contribution < 1.29 is 15.0 Å². The Bertz CT molecular complexity index is 196. The van der Waals surface area contributed by atoms with Crippen LogP contribution in [-0.2, 0) is 0 Å². The van der Waals surface area contributed by atoms with Crippen LogP contribution in [0.25, 0.3) is 0 Å². The van der Waals surface area contributed by atoms with Crippen LogP contribution in [0.5, 0.6) is 0 Å². The summed E-state index contributed by atoms with van der Waals surface area (Å²) in [6, 6.07) is 0. The summed E-state index contributed by atoms with van der Waals surface area (Å²) in [6.45, 7) is 1.67. The van der Waals surface area contributed by atoms with Gasteiger partial charge >= 0.3 is 6.09 Å². The third-order valence-electron chi connectivity index (χ3n) is 3.06. The van der Waals surface area contributed by atoms with E-state index < -0.39 is 6.09 Å². The molecule has 4 nitrogen and oxygen atoms in total. The number of unbranched alkanes of at least 4 members (excludes halogenated alkanes) is 2. The number of rotatable bonds is 5. The SMILES string of the molecule is O=C(O)N1CCCC(CCCCCO)C1. The zero-order valence-corrected chi connectivity index (χ0v) is 9.19. The largest absolute Gasteiger partial charge is 0.465 e. The number of carbonyl (C=O) groups is 1. The molecule has 1 heterocycles. The van der Waals surface area contributed by atoms with Crippen LogP contribution in [0, 0.1) is 5.92 Å². The lowest BCUT2D eigenvalue weighted by Crippen LogP contribution is -2.38. The van der Waals surface area contributed by atoms with Crippen molar-refractivity contribution in [1.29, 1.82) is 0 Å². The second kappa shape index (κ2) is 6.67. The number of amides is 1. The van der Waals surface area contributed by atoms with E-state index in [9.17, 15) is 4.79 Å². The summed E-state index contributed by atoms with van der Waals surface area (Å²) in [5.74, 6) is 0.536. The Hall–Kier alpha value is -0.770. The lowest BCUT2D eigenvalue weighted by Gasteiger charge is -2.30. The van der Waals surface area contributed by atoms with Crippen LogP contribution in [0.4, 0.5) is 4.79 Å². The Morgan fingerprint density at radius 2 is 2.13 bits per heavy atom. The molecule has 1 fully saturated rings. The quantitative estimate of drug-likeness (QED) is 0.689. The summed E-state index contributed by atoms with van der Waals surface area (Å²) in [5, 5.41) is 17.5. The molecule has 0 spiro atoms. The second-order valence-electron chi connectivity index (χ2n) is 4.31. The molecule has 0 aromatic heterocycles. The Labute approximate surface area is 90.9 Å². The second-order valence-corrected chi connectivity index (χ2v) is 4.31. The maximum absolute atomic E-state index is 10.8. The van der Waals surface area contributed by atoms with E-state index in [2.05, 4.69) is 0 Å². The molecule has 88 valence electrons. The number of likely N-dealkylation sites (tertiary alicyclic amines) is 1. The maximum Gasteiger partial charge on any atom is 0.407 e. The number of carboxylic acid groups (broad SMARTS) is 1. The zero-order valence-electron chi connectivity index (χ0n) is 9.19. The van der Waals surface area contributed by atoms with E-state index in [4.69, 9.17) is 10.2 Å². The van der Waals surface area contributed by atoms with Gasteiger partial charge in [-0.15, -0.1) is 0 Å². The van der Waals surface area contributed by atoms with Crippen LogP contribution in [0.1, 0.15) is 38.5 Å². The van der Waals surface area contributed by atoms with Gasteiger partial charge in [-0.3, -0.25) is 0 Å². The van der Waals surface area contributed by atoms with Gasteiger partial charge in [0.15, 0.2) is 0 Å². The molecule has 0 aromatic carbocycles. The Kier molecular flexibility index (Phi) is 5.47. The number of hydrogen-bond donors (Lipinski definition) is 2. The molecule has 0 aliphatic carbocycles. The van der Waals surface area contributed by atoms with Gasteiger partial charge in [-0.05, 0) is 31.6 Å². The van der Waals surface area contributed by atoms with Crippen molar-refractivity contribution in [3.05, 3.63) is 0 Å². The van der Waals surface area contributed by atoms with Crippen molar-refractivity contribution in [2.45, 2.75) is 38.5 Å². The highest BCUT2D eigenvalue weighted by Crippen LogP contribution is 2.21. The Balaban J connectivity index is 2.15. The van der Waals surface area contributed by atoms with Crippen molar-refractivity contribution in [2.24, 2.45) is 5.92 Å². The third kappa shape index (κ3) is 4.51. The molecule has 1 saturated heterocycles. The van der Waals surface area contributed by atoms with Crippen molar-refractivity contribution in [3.8, 4) is 0 Å². The average Bonchev–Trinajstić information content (AvgIpc) is 2.25. The molecule has 0 bridgehead atoms. The Morgan fingerprint density at radius 3 is 2.80 bits per heavy atom. The highest BCUT2D eigenvalue weighted by atomic mass is 16.4. The predicted octanol–water partition coefficient (Wildman–Crippen LogP) is 1.93. The number of hydrogen-bond acceptors (Lipinski definition) is 2. The molecule has 1 aliphatic heterocycles. The Morgan fingerprint density at radius 1 is 1.33 bits per heavy atom. The topological polar surface area (TPSA) is 60.8 Å². The molecule has 1 amide bonds. The van der Waals surface area contributed by atoms with E-state index in [1.54, 1.807) is 0 Å². The van der Waals surface area contributed by atoms with Gasteiger partial charge in [0, 0.05) is 19.7 Å². The van der Waals surface area contributed by atoms with E-state index in [-0.39, 0.29) is 6.61 Å². The van der Waals surface area contributed by atoms with Crippen molar-refractivity contribution >= 4 is 6.09 Å². The van der Waals surface area contributed by atoms with Gasteiger partial charge in [-0.25, -0.2) is 4.79 Å². The lowest BCUT2D eigenvalue weighted by atomic mass is 9.93. The van der Waals surface area contributed by atoms with Crippen LogP contribution in [0.2, 0.25) is 0 Å². The van der Waals surface area contributed by atoms with Crippen molar-refractivity contribution in [1.82, 2.24) is 4.90 Å². The average molecular weight is 215 g/mol. The summed E-state index contributed by atoms with van der Waals surface area (Å²) >= 11 is 0. The minimum Gasteiger partial charge on any atom is -0.465 e. The summed E-state index contributed by atoms with van der Waals surface area (Å²) < 4.78 is 0. The maximum atomic E-state index is 10.8. The van der Waals surface area contributed by atoms with E-state index in [0.29, 0.717) is 19.0 Å². The molecule has 1 rings (SSSR count). The summed E-state index contributed by atoms with van der Waals surface area (Å²) in [5.41, 5.74) is 0. The van der Waals surface area contributed by atoms with Gasteiger partial charge in [-0.1, -0.05) is 12.8 Å². The first kappa shape index (κ1) is 12.3. The fraction of sp³-hybridized carbons (Fsp3) is 0.909. The first-order chi connectivity index (χ1) is 7.24. The highest BCUT2D eigenvalue weighted by molar-refractivity contribution is 5.65. The molecule has 4 heteroatoms. The molecule has 1 aliphatic rings. The number of aliphatic hydroxyl groups is 1. The minimum absolute atomic E-state index is 0.270. The molecular weight excluding hydrogens is 194 g/mol.